The SMILES string of the molecule is CCCc1ncc(-c2cnc(N)c(C(F)(F)F)c2)[nH]1. The smallest absolute Gasteiger partial charge is 0.383 e. The van der Waals surface area contributed by atoms with Gasteiger partial charge in [0.05, 0.1) is 17.5 Å². The first-order valence-corrected chi connectivity index (χ1v) is 5.78. The number of alkyl halides is 3. The molecule has 2 aromatic rings. The summed E-state index contributed by atoms with van der Waals surface area (Å²) in [5, 5.41) is 0. The molecule has 0 radical (unpaired) electrons. The number of halogens is 3. The molecule has 2 aromatic heterocycles. The van der Waals surface area contributed by atoms with Crippen LogP contribution in [-0.4, -0.2) is 15.0 Å². The molecule has 4 nitrogen and oxygen atoms in total. The summed E-state index contributed by atoms with van der Waals surface area (Å²) in [6.45, 7) is 1.99. The van der Waals surface area contributed by atoms with E-state index in [9.17, 15) is 13.2 Å². The van der Waals surface area contributed by atoms with Crippen molar-refractivity contribution in [3.8, 4) is 11.3 Å². The Kier molecular flexibility index (Phi) is 3.46. The maximum Gasteiger partial charge on any atom is 0.419 e. The van der Waals surface area contributed by atoms with Crippen LogP contribution in [0.1, 0.15) is 24.7 Å². The summed E-state index contributed by atoms with van der Waals surface area (Å²) in [5.41, 5.74) is 5.13. The van der Waals surface area contributed by atoms with Gasteiger partial charge >= 0.3 is 6.18 Å². The van der Waals surface area contributed by atoms with Crippen LogP contribution in [0.3, 0.4) is 0 Å². The van der Waals surface area contributed by atoms with E-state index in [1.54, 1.807) is 0 Å². The molecule has 0 aliphatic rings. The number of H-pyrrole nitrogens is 1. The molecule has 7 heteroatoms. The number of rotatable bonds is 3. The first kappa shape index (κ1) is 13.4. The van der Waals surface area contributed by atoms with Crippen molar-refractivity contribution in [1.29, 1.82) is 0 Å². The third-order valence-corrected chi connectivity index (χ3v) is 2.65. The predicted molar refractivity (Wildman–Crippen MR) is 65.2 cm³/mol. The molecule has 0 aromatic carbocycles. The minimum absolute atomic E-state index is 0.316. The Morgan fingerprint density at radius 2 is 2.00 bits per heavy atom. The van der Waals surface area contributed by atoms with Gasteiger partial charge in [0.2, 0.25) is 0 Å². The van der Waals surface area contributed by atoms with Crippen LogP contribution in [-0.2, 0) is 12.6 Å². The van der Waals surface area contributed by atoms with E-state index in [2.05, 4.69) is 15.0 Å². The molecule has 19 heavy (non-hydrogen) atoms. The average Bonchev–Trinajstić information content (AvgIpc) is 2.77. The Hall–Kier alpha value is -2.05. The highest BCUT2D eigenvalue weighted by Gasteiger charge is 2.34. The molecule has 0 saturated heterocycles. The molecule has 0 amide bonds. The van der Waals surface area contributed by atoms with Crippen LogP contribution in [0.15, 0.2) is 18.5 Å². The van der Waals surface area contributed by atoms with Gasteiger partial charge < -0.3 is 10.7 Å². The lowest BCUT2D eigenvalue weighted by atomic mass is 10.1. The average molecular weight is 270 g/mol. The standard InChI is InChI=1S/C12H13F3N4/c1-2-3-10-17-6-9(19-10)7-4-8(12(13,14)15)11(16)18-5-7/h4-6H,2-3H2,1H3,(H2,16,18)(H,17,19). The van der Waals surface area contributed by atoms with E-state index in [4.69, 9.17) is 5.73 Å². The Morgan fingerprint density at radius 1 is 1.26 bits per heavy atom. The van der Waals surface area contributed by atoms with Gasteiger partial charge in [-0.25, -0.2) is 9.97 Å². The second kappa shape index (κ2) is 4.91. The number of anilines is 1. The van der Waals surface area contributed by atoms with Gasteiger partial charge in [-0.1, -0.05) is 6.92 Å². The second-order valence-electron chi connectivity index (χ2n) is 4.15. The maximum absolute atomic E-state index is 12.7. The highest BCUT2D eigenvalue weighted by Crippen LogP contribution is 2.34. The fraction of sp³-hybridized carbons (Fsp3) is 0.333. The normalized spacial score (nSPS) is 11.8. The molecule has 0 unspecified atom stereocenters. The van der Waals surface area contributed by atoms with E-state index < -0.39 is 17.6 Å². The van der Waals surface area contributed by atoms with E-state index in [0.717, 1.165) is 24.7 Å². The van der Waals surface area contributed by atoms with E-state index in [-0.39, 0.29) is 0 Å². The second-order valence-corrected chi connectivity index (χ2v) is 4.15. The van der Waals surface area contributed by atoms with E-state index in [0.29, 0.717) is 11.3 Å². The molecule has 0 aliphatic heterocycles. The van der Waals surface area contributed by atoms with Crippen molar-refractivity contribution in [1.82, 2.24) is 15.0 Å². The Bertz CT molecular complexity index is 575. The monoisotopic (exact) mass is 270 g/mol. The van der Waals surface area contributed by atoms with Gasteiger partial charge in [0.1, 0.15) is 11.6 Å². The minimum Gasteiger partial charge on any atom is -0.383 e. The van der Waals surface area contributed by atoms with Crippen LogP contribution in [0, 0.1) is 0 Å². The molecule has 2 rings (SSSR count). The number of aromatic nitrogens is 3. The topological polar surface area (TPSA) is 67.6 Å². The first-order chi connectivity index (χ1) is 8.91. The molecule has 2 heterocycles. The zero-order valence-electron chi connectivity index (χ0n) is 10.3. The Balaban J connectivity index is 2.39. The summed E-state index contributed by atoms with van der Waals surface area (Å²) in [6, 6.07) is 0.978. The lowest BCUT2D eigenvalue weighted by molar-refractivity contribution is -0.137. The molecule has 102 valence electrons. The highest BCUT2D eigenvalue weighted by atomic mass is 19.4. The number of aryl methyl sites for hydroxylation is 1. The quantitative estimate of drug-likeness (QED) is 0.900. The molecule has 0 fully saturated rings. The largest absolute Gasteiger partial charge is 0.419 e. The van der Waals surface area contributed by atoms with Crippen molar-refractivity contribution < 1.29 is 13.2 Å². The molecule has 0 saturated carbocycles. The van der Waals surface area contributed by atoms with E-state index >= 15 is 0 Å². The van der Waals surface area contributed by atoms with Crippen molar-refractivity contribution >= 4 is 5.82 Å². The number of pyridine rings is 1. The van der Waals surface area contributed by atoms with Gasteiger partial charge in [0.15, 0.2) is 0 Å². The zero-order chi connectivity index (χ0) is 14.0. The lowest BCUT2D eigenvalue weighted by Gasteiger charge is -2.10. The predicted octanol–water partition coefficient (Wildman–Crippen LogP) is 3.03. The third kappa shape index (κ3) is 2.86. The van der Waals surface area contributed by atoms with Crippen molar-refractivity contribution in [3.63, 3.8) is 0 Å². The highest BCUT2D eigenvalue weighted by molar-refractivity contribution is 5.61. The van der Waals surface area contributed by atoms with Gasteiger partial charge in [-0.15, -0.1) is 0 Å². The molecule has 0 aliphatic carbocycles. The number of aromatic amines is 1. The van der Waals surface area contributed by atoms with Gasteiger partial charge in [-0.05, 0) is 12.5 Å². The summed E-state index contributed by atoms with van der Waals surface area (Å²) in [4.78, 5) is 10.7. The van der Waals surface area contributed by atoms with E-state index in [1.807, 2.05) is 6.92 Å². The fourth-order valence-electron chi connectivity index (χ4n) is 1.72. The number of nitrogens with zero attached hydrogens (tertiary/aromatic N) is 2. The van der Waals surface area contributed by atoms with Crippen molar-refractivity contribution in [2.45, 2.75) is 25.9 Å². The number of nitrogens with one attached hydrogen (secondary N) is 1. The molecule has 0 bridgehead atoms. The minimum atomic E-state index is -4.51. The molecule has 0 spiro atoms. The van der Waals surface area contributed by atoms with Crippen LogP contribution in [0.2, 0.25) is 0 Å². The van der Waals surface area contributed by atoms with Crippen LogP contribution >= 0.6 is 0 Å². The number of nitrogen functional groups attached to an aromatic ring is 1. The van der Waals surface area contributed by atoms with Gasteiger partial charge in [0, 0.05) is 18.2 Å². The summed E-state index contributed by atoms with van der Waals surface area (Å²) < 4.78 is 38.2. The van der Waals surface area contributed by atoms with Crippen molar-refractivity contribution in [2.75, 3.05) is 5.73 Å². The third-order valence-electron chi connectivity index (χ3n) is 2.65. The number of hydrogen-bond acceptors (Lipinski definition) is 3. The van der Waals surface area contributed by atoms with Crippen LogP contribution in [0.4, 0.5) is 19.0 Å². The number of hydrogen-bond donors (Lipinski definition) is 2. The summed E-state index contributed by atoms with van der Waals surface area (Å²) in [6.07, 6.45) is -0.0687. The Labute approximate surface area is 107 Å². The molecular weight excluding hydrogens is 257 g/mol. The summed E-state index contributed by atoms with van der Waals surface area (Å²) >= 11 is 0. The van der Waals surface area contributed by atoms with Crippen LogP contribution in [0.25, 0.3) is 11.3 Å². The van der Waals surface area contributed by atoms with E-state index in [1.165, 1.54) is 12.4 Å². The summed E-state index contributed by atoms with van der Waals surface area (Å²) in [5.74, 6) is 0.215. The Morgan fingerprint density at radius 3 is 2.63 bits per heavy atom. The van der Waals surface area contributed by atoms with Crippen LogP contribution in [0.5, 0.6) is 0 Å². The summed E-state index contributed by atoms with van der Waals surface area (Å²) in [7, 11) is 0. The van der Waals surface area contributed by atoms with Crippen LogP contribution < -0.4 is 5.73 Å². The van der Waals surface area contributed by atoms with Gasteiger partial charge in [-0.3, -0.25) is 0 Å². The zero-order valence-corrected chi connectivity index (χ0v) is 10.3. The number of imidazole rings is 1. The molecular formula is C12H13F3N4. The number of nitrogens with two attached hydrogens (primary N) is 1. The fourth-order valence-corrected chi connectivity index (χ4v) is 1.72. The first-order valence-electron chi connectivity index (χ1n) is 5.78. The van der Waals surface area contributed by atoms with Crippen molar-refractivity contribution in [3.05, 3.63) is 29.8 Å². The van der Waals surface area contributed by atoms with Gasteiger partial charge in [0.25, 0.3) is 0 Å². The maximum atomic E-state index is 12.7. The lowest BCUT2D eigenvalue weighted by Crippen LogP contribution is -2.10. The van der Waals surface area contributed by atoms with Crippen molar-refractivity contribution in [2.24, 2.45) is 0 Å². The molecule has 0 atom stereocenters. The molecule has 3 N–H and O–H groups in total. The van der Waals surface area contributed by atoms with Gasteiger partial charge in [-0.2, -0.15) is 13.2 Å².